The number of benzene rings is 5. The SMILES string of the molecule is C=C/C(=C\C)N(c1ccc(-c2ccc(-c3ccccc3)cc2)cc1)c1ccc2c(c1)C(C)(C)c1ccccc1-2. The summed E-state index contributed by atoms with van der Waals surface area (Å²) in [6.07, 6.45) is 4.06. The van der Waals surface area contributed by atoms with E-state index in [4.69, 9.17) is 0 Å². The molecular weight excluding hydrogens is 470 g/mol. The molecule has 1 nitrogen and oxygen atoms in total. The van der Waals surface area contributed by atoms with Crippen LogP contribution in [0.25, 0.3) is 33.4 Å². The molecule has 1 aliphatic carbocycles. The number of fused-ring (bicyclic) bond motifs is 3. The van der Waals surface area contributed by atoms with Gasteiger partial charge >= 0.3 is 0 Å². The average Bonchev–Trinajstić information content (AvgIpc) is 3.22. The third-order valence-corrected chi connectivity index (χ3v) is 8.04. The quantitative estimate of drug-likeness (QED) is 0.208. The molecule has 0 aromatic heterocycles. The van der Waals surface area contributed by atoms with Gasteiger partial charge in [0.05, 0.1) is 0 Å². The average molecular weight is 504 g/mol. The summed E-state index contributed by atoms with van der Waals surface area (Å²) in [5, 5.41) is 0. The van der Waals surface area contributed by atoms with Gasteiger partial charge in [0.15, 0.2) is 0 Å². The van der Waals surface area contributed by atoms with Crippen LogP contribution in [0.1, 0.15) is 31.9 Å². The minimum atomic E-state index is -0.0480. The Morgan fingerprint density at radius 3 is 1.72 bits per heavy atom. The largest absolute Gasteiger partial charge is 0.311 e. The summed E-state index contributed by atoms with van der Waals surface area (Å²) < 4.78 is 0. The molecule has 1 aliphatic rings. The first-order valence-electron chi connectivity index (χ1n) is 13.6. The summed E-state index contributed by atoms with van der Waals surface area (Å²) in [5.41, 5.74) is 13.6. The molecule has 0 N–H and O–H groups in total. The van der Waals surface area contributed by atoms with Crippen molar-refractivity contribution < 1.29 is 0 Å². The first kappa shape index (κ1) is 24.7. The van der Waals surface area contributed by atoms with Crippen LogP contribution in [0.4, 0.5) is 11.4 Å². The van der Waals surface area contributed by atoms with Gasteiger partial charge in [-0.1, -0.05) is 124 Å². The van der Waals surface area contributed by atoms with Gasteiger partial charge in [0.1, 0.15) is 0 Å². The van der Waals surface area contributed by atoms with E-state index in [0.717, 1.165) is 17.1 Å². The molecule has 0 saturated carbocycles. The Morgan fingerprint density at radius 2 is 1.10 bits per heavy atom. The van der Waals surface area contributed by atoms with Crippen molar-refractivity contribution in [3.63, 3.8) is 0 Å². The maximum atomic E-state index is 4.13. The van der Waals surface area contributed by atoms with E-state index in [1.54, 1.807) is 0 Å². The van der Waals surface area contributed by atoms with Gasteiger partial charge in [0, 0.05) is 22.5 Å². The molecule has 0 spiro atoms. The van der Waals surface area contributed by atoms with Gasteiger partial charge in [-0.05, 0) is 81.8 Å². The Hall–Kier alpha value is -4.62. The van der Waals surface area contributed by atoms with Crippen LogP contribution in [0.3, 0.4) is 0 Å². The summed E-state index contributed by atoms with van der Waals surface area (Å²) in [7, 11) is 0. The molecule has 39 heavy (non-hydrogen) atoms. The van der Waals surface area contributed by atoms with E-state index >= 15 is 0 Å². The zero-order valence-corrected chi connectivity index (χ0v) is 22.9. The van der Waals surface area contributed by atoms with Gasteiger partial charge in [-0.15, -0.1) is 0 Å². The van der Waals surface area contributed by atoms with Crippen molar-refractivity contribution in [1.29, 1.82) is 0 Å². The van der Waals surface area contributed by atoms with Gasteiger partial charge in [0.2, 0.25) is 0 Å². The predicted octanol–water partition coefficient (Wildman–Crippen LogP) is 10.6. The number of hydrogen-bond donors (Lipinski definition) is 0. The molecule has 0 fully saturated rings. The molecule has 190 valence electrons. The maximum absolute atomic E-state index is 4.13. The van der Waals surface area contributed by atoms with E-state index in [0.29, 0.717) is 0 Å². The van der Waals surface area contributed by atoms with Crippen LogP contribution in [0.15, 0.2) is 146 Å². The van der Waals surface area contributed by atoms with Gasteiger partial charge < -0.3 is 4.90 Å². The normalized spacial score (nSPS) is 13.5. The highest BCUT2D eigenvalue weighted by atomic mass is 15.1. The van der Waals surface area contributed by atoms with Gasteiger partial charge in [-0.25, -0.2) is 0 Å². The summed E-state index contributed by atoms with van der Waals surface area (Å²) in [6, 6.07) is 43.8. The third kappa shape index (κ3) is 4.30. The monoisotopic (exact) mass is 503 g/mol. The molecule has 1 heteroatoms. The lowest BCUT2D eigenvalue weighted by Crippen LogP contribution is -2.18. The number of anilines is 2. The van der Waals surface area contributed by atoms with E-state index in [9.17, 15) is 0 Å². The molecule has 0 radical (unpaired) electrons. The molecule has 6 rings (SSSR count). The summed E-state index contributed by atoms with van der Waals surface area (Å²) in [5.74, 6) is 0. The summed E-state index contributed by atoms with van der Waals surface area (Å²) in [6.45, 7) is 10.8. The minimum absolute atomic E-state index is 0.0480. The van der Waals surface area contributed by atoms with Crippen LogP contribution in [-0.4, -0.2) is 0 Å². The standard InChI is InChI=1S/C38H33N/c1-5-31(6-2)39(33-24-25-35-34-14-10-11-15-36(34)38(3,4)37(35)26-33)32-22-20-30(21-23-32)29-18-16-28(17-19-29)27-12-8-7-9-13-27/h5-26H,1H2,2-4H3/b31-6+. The van der Waals surface area contributed by atoms with E-state index in [2.05, 4.69) is 160 Å². The molecule has 0 unspecified atom stereocenters. The molecule has 5 aromatic rings. The molecular formula is C38H33N. The van der Waals surface area contributed by atoms with Crippen molar-refractivity contribution in [2.75, 3.05) is 4.90 Å². The summed E-state index contributed by atoms with van der Waals surface area (Å²) >= 11 is 0. The second kappa shape index (κ2) is 9.93. The van der Waals surface area contributed by atoms with Gasteiger partial charge in [-0.2, -0.15) is 0 Å². The molecule has 0 amide bonds. The lowest BCUT2D eigenvalue weighted by molar-refractivity contribution is 0.660. The van der Waals surface area contributed by atoms with Gasteiger partial charge in [0.25, 0.3) is 0 Å². The Morgan fingerprint density at radius 1 is 0.590 bits per heavy atom. The van der Waals surface area contributed by atoms with Crippen molar-refractivity contribution in [3.05, 3.63) is 157 Å². The minimum Gasteiger partial charge on any atom is -0.311 e. The lowest BCUT2D eigenvalue weighted by Gasteiger charge is -2.28. The molecule has 0 atom stereocenters. The zero-order chi connectivity index (χ0) is 27.0. The number of rotatable bonds is 6. The maximum Gasteiger partial charge on any atom is 0.0464 e. The van der Waals surface area contributed by atoms with E-state index in [1.807, 2.05) is 6.08 Å². The molecule has 0 bridgehead atoms. The highest BCUT2D eigenvalue weighted by Gasteiger charge is 2.35. The fourth-order valence-corrected chi connectivity index (χ4v) is 5.91. The Balaban J connectivity index is 1.35. The molecule has 5 aromatic carbocycles. The lowest BCUT2D eigenvalue weighted by atomic mass is 9.82. The molecule has 0 heterocycles. The smallest absolute Gasteiger partial charge is 0.0464 e. The van der Waals surface area contributed by atoms with Crippen molar-refractivity contribution in [1.82, 2.24) is 0 Å². The van der Waals surface area contributed by atoms with Crippen molar-refractivity contribution in [2.24, 2.45) is 0 Å². The fourth-order valence-electron chi connectivity index (χ4n) is 5.91. The van der Waals surface area contributed by atoms with Crippen LogP contribution in [0.5, 0.6) is 0 Å². The highest BCUT2D eigenvalue weighted by Crippen LogP contribution is 2.50. The van der Waals surface area contributed by atoms with Crippen LogP contribution < -0.4 is 4.90 Å². The van der Waals surface area contributed by atoms with E-state index in [-0.39, 0.29) is 5.41 Å². The Kier molecular flexibility index (Phi) is 6.29. The number of nitrogens with zero attached hydrogens (tertiary/aromatic N) is 1. The van der Waals surface area contributed by atoms with Gasteiger partial charge in [-0.3, -0.25) is 0 Å². The molecule has 0 saturated heterocycles. The van der Waals surface area contributed by atoms with Crippen molar-refractivity contribution >= 4 is 11.4 Å². The second-order valence-electron chi connectivity index (χ2n) is 10.6. The van der Waals surface area contributed by atoms with E-state index < -0.39 is 0 Å². The van der Waals surface area contributed by atoms with Crippen LogP contribution in [-0.2, 0) is 5.41 Å². The predicted molar refractivity (Wildman–Crippen MR) is 167 cm³/mol. The van der Waals surface area contributed by atoms with E-state index in [1.165, 1.54) is 44.5 Å². The van der Waals surface area contributed by atoms with Crippen LogP contribution in [0, 0.1) is 0 Å². The number of allylic oxidation sites excluding steroid dienone is 2. The first-order chi connectivity index (χ1) is 19.0. The summed E-state index contributed by atoms with van der Waals surface area (Å²) in [4.78, 5) is 2.30. The third-order valence-electron chi connectivity index (χ3n) is 8.04. The molecule has 0 aliphatic heterocycles. The zero-order valence-electron chi connectivity index (χ0n) is 22.9. The highest BCUT2D eigenvalue weighted by molar-refractivity contribution is 5.84. The topological polar surface area (TPSA) is 3.24 Å². The fraction of sp³-hybridized carbons (Fsp3) is 0.105. The van der Waals surface area contributed by atoms with Crippen LogP contribution >= 0.6 is 0 Å². The Bertz CT molecular complexity index is 1670. The second-order valence-corrected chi connectivity index (χ2v) is 10.6. The van der Waals surface area contributed by atoms with Crippen molar-refractivity contribution in [3.8, 4) is 33.4 Å². The number of hydrogen-bond acceptors (Lipinski definition) is 1. The first-order valence-corrected chi connectivity index (χ1v) is 13.6. The Labute approximate surface area is 232 Å². The van der Waals surface area contributed by atoms with Crippen LogP contribution in [0.2, 0.25) is 0 Å². The van der Waals surface area contributed by atoms with Crippen molar-refractivity contribution in [2.45, 2.75) is 26.2 Å².